The number of nitrogens with zero attached hydrogens (tertiary/aromatic N) is 2. The summed E-state index contributed by atoms with van der Waals surface area (Å²) >= 11 is 0. The predicted molar refractivity (Wildman–Crippen MR) is 82.8 cm³/mol. The summed E-state index contributed by atoms with van der Waals surface area (Å²) in [6, 6.07) is 5.85. The van der Waals surface area contributed by atoms with E-state index in [4.69, 9.17) is 0 Å². The van der Waals surface area contributed by atoms with E-state index in [-0.39, 0.29) is 11.9 Å². The maximum Gasteiger partial charge on any atom is 0.130 e. The molecule has 1 aromatic rings. The molecule has 112 valence electrons. The average Bonchev–Trinajstić information content (AvgIpc) is 2.45. The minimum absolute atomic E-state index is 0.00923. The fraction of sp³-hybridized carbons (Fsp3) is 0.625. The summed E-state index contributed by atoms with van der Waals surface area (Å²) in [6.07, 6.45) is 2.38. The Hall–Kier alpha value is -1.13. The molecule has 1 N–H and O–H groups in total. The van der Waals surface area contributed by atoms with E-state index in [1.165, 1.54) is 12.8 Å². The number of hydrogen-bond acceptors (Lipinski definition) is 3. The van der Waals surface area contributed by atoms with Gasteiger partial charge in [-0.25, -0.2) is 4.39 Å². The third-order valence-corrected chi connectivity index (χ3v) is 4.42. The van der Waals surface area contributed by atoms with Gasteiger partial charge in [0.1, 0.15) is 5.82 Å². The van der Waals surface area contributed by atoms with Crippen LogP contribution in [-0.4, -0.2) is 45.2 Å². The van der Waals surface area contributed by atoms with Gasteiger partial charge in [-0.2, -0.15) is 0 Å². The first-order valence-electron chi connectivity index (χ1n) is 7.41. The SMILES string of the molecule is CNC(C)c1c(F)cccc1N(C)C1CCCN(C)C1. The van der Waals surface area contributed by atoms with Crippen molar-refractivity contribution in [2.75, 3.05) is 39.1 Å². The number of hydrogen-bond donors (Lipinski definition) is 1. The third-order valence-electron chi connectivity index (χ3n) is 4.42. The Bertz CT molecular complexity index is 449. The Kier molecular flexibility index (Phi) is 5.00. The van der Waals surface area contributed by atoms with Crippen LogP contribution in [0.2, 0.25) is 0 Å². The monoisotopic (exact) mass is 279 g/mol. The zero-order chi connectivity index (χ0) is 14.7. The van der Waals surface area contributed by atoms with E-state index in [1.54, 1.807) is 12.1 Å². The zero-order valence-corrected chi connectivity index (χ0v) is 13.0. The highest BCUT2D eigenvalue weighted by Crippen LogP contribution is 2.30. The van der Waals surface area contributed by atoms with Crippen LogP contribution < -0.4 is 10.2 Å². The van der Waals surface area contributed by atoms with Crippen LogP contribution in [0.25, 0.3) is 0 Å². The van der Waals surface area contributed by atoms with Crippen molar-refractivity contribution in [2.24, 2.45) is 0 Å². The lowest BCUT2D eigenvalue weighted by Gasteiger charge is -2.38. The molecule has 0 aromatic heterocycles. The lowest BCUT2D eigenvalue weighted by molar-refractivity contribution is 0.247. The van der Waals surface area contributed by atoms with Crippen molar-refractivity contribution in [2.45, 2.75) is 31.8 Å². The summed E-state index contributed by atoms with van der Waals surface area (Å²) in [5.41, 5.74) is 1.78. The predicted octanol–water partition coefficient (Wildman–Crippen LogP) is 2.64. The van der Waals surface area contributed by atoms with Gasteiger partial charge in [-0.1, -0.05) is 6.07 Å². The van der Waals surface area contributed by atoms with Crippen LogP contribution in [0, 0.1) is 5.82 Å². The molecule has 3 nitrogen and oxygen atoms in total. The van der Waals surface area contributed by atoms with E-state index in [9.17, 15) is 4.39 Å². The van der Waals surface area contributed by atoms with Gasteiger partial charge in [0, 0.05) is 36.9 Å². The molecule has 0 radical (unpaired) electrons. The molecule has 0 bridgehead atoms. The van der Waals surface area contributed by atoms with Crippen LogP contribution in [-0.2, 0) is 0 Å². The molecule has 0 aliphatic carbocycles. The normalized spacial score (nSPS) is 21.8. The minimum Gasteiger partial charge on any atom is -0.370 e. The number of piperidine rings is 1. The zero-order valence-electron chi connectivity index (χ0n) is 13.0. The van der Waals surface area contributed by atoms with Crippen molar-refractivity contribution >= 4 is 5.69 Å². The molecule has 20 heavy (non-hydrogen) atoms. The van der Waals surface area contributed by atoms with Crippen molar-refractivity contribution < 1.29 is 4.39 Å². The van der Waals surface area contributed by atoms with E-state index in [0.29, 0.717) is 6.04 Å². The number of likely N-dealkylation sites (tertiary alicyclic amines) is 1. The minimum atomic E-state index is -0.125. The van der Waals surface area contributed by atoms with Gasteiger partial charge < -0.3 is 15.1 Å². The first kappa shape index (κ1) is 15.3. The van der Waals surface area contributed by atoms with Gasteiger partial charge in [-0.05, 0) is 52.5 Å². The Morgan fingerprint density at radius 1 is 1.45 bits per heavy atom. The van der Waals surface area contributed by atoms with Crippen molar-refractivity contribution in [1.82, 2.24) is 10.2 Å². The van der Waals surface area contributed by atoms with E-state index in [0.717, 1.165) is 24.3 Å². The molecule has 1 aliphatic rings. The average molecular weight is 279 g/mol. The first-order valence-corrected chi connectivity index (χ1v) is 7.41. The maximum atomic E-state index is 14.2. The highest BCUT2D eigenvalue weighted by atomic mass is 19.1. The number of likely N-dealkylation sites (N-methyl/N-ethyl adjacent to an activating group) is 2. The number of halogens is 1. The summed E-state index contributed by atoms with van der Waals surface area (Å²) in [4.78, 5) is 4.60. The molecule has 4 heteroatoms. The van der Waals surface area contributed by atoms with Crippen molar-refractivity contribution in [3.05, 3.63) is 29.6 Å². The summed E-state index contributed by atoms with van der Waals surface area (Å²) in [5, 5.41) is 3.15. The van der Waals surface area contributed by atoms with Gasteiger partial charge in [-0.3, -0.25) is 0 Å². The molecule has 1 heterocycles. The maximum absolute atomic E-state index is 14.2. The first-order chi connectivity index (χ1) is 9.54. The Morgan fingerprint density at radius 2 is 2.20 bits per heavy atom. The highest BCUT2D eigenvalue weighted by Gasteiger charge is 2.25. The molecule has 0 spiro atoms. The number of rotatable bonds is 4. The van der Waals surface area contributed by atoms with Crippen molar-refractivity contribution in [1.29, 1.82) is 0 Å². The second-order valence-electron chi connectivity index (χ2n) is 5.85. The fourth-order valence-corrected chi connectivity index (χ4v) is 3.06. The fourth-order valence-electron chi connectivity index (χ4n) is 3.06. The van der Waals surface area contributed by atoms with Gasteiger partial charge >= 0.3 is 0 Å². The number of benzene rings is 1. The number of anilines is 1. The Morgan fingerprint density at radius 3 is 2.85 bits per heavy atom. The van der Waals surface area contributed by atoms with E-state index in [2.05, 4.69) is 29.2 Å². The Labute approximate surface area is 121 Å². The summed E-state index contributed by atoms with van der Waals surface area (Å²) in [7, 11) is 6.11. The summed E-state index contributed by atoms with van der Waals surface area (Å²) in [6.45, 7) is 4.20. The van der Waals surface area contributed by atoms with Gasteiger partial charge in [0.15, 0.2) is 0 Å². The molecule has 0 saturated carbocycles. The Balaban J connectivity index is 2.29. The van der Waals surface area contributed by atoms with E-state index in [1.807, 2.05) is 20.0 Å². The van der Waals surface area contributed by atoms with Gasteiger partial charge in [0.25, 0.3) is 0 Å². The van der Waals surface area contributed by atoms with Crippen LogP contribution in [0.5, 0.6) is 0 Å². The highest BCUT2D eigenvalue weighted by molar-refractivity contribution is 5.56. The third kappa shape index (κ3) is 3.13. The molecule has 1 aromatic carbocycles. The molecule has 2 unspecified atom stereocenters. The van der Waals surface area contributed by atoms with Crippen molar-refractivity contribution in [3.8, 4) is 0 Å². The number of nitrogens with one attached hydrogen (secondary N) is 1. The topological polar surface area (TPSA) is 18.5 Å². The molecule has 1 saturated heterocycles. The van der Waals surface area contributed by atoms with Crippen LogP contribution in [0.1, 0.15) is 31.4 Å². The van der Waals surface area contributed by atoms with E-state index >= 15 is 0 Å². The molecule has 1 fully saturated rings. The molecular formula is C16H26FN3. The van der Waals surface area contributed by atoms with Gasteiger partial charge in [-0.15, -0.1) is 0 Å². The second kappa shape index (κ2) is 6.55. The molecule has 0 amide bonds. The quantitative estimate of drug-likeness (QED) is 0.914. The smallest absolute Gasteiger partial charge is 0.130 e. The molecule has 1 aliphatic heterocycles. The second-order valence-corrected chi connectivity index (χ2v) is 5.85. The van der Waals surface area contributed by atoms with Crippen LogP contribution in [0.3, 0.4) is 0 Å². The molecular weight excluding hydrogens is 253 g/mol. The van der Waals surface area contributed by atoms with Crippen LogP contribution in [0.4, 0.5) is 10.1 Å². The lowest BCUT2D eigenvalue weighted by Crippen LogP contribution is -2.45. The van der Waals surface area contributed by atoms with E-state index < -0.39 is 0 Å². The van der Waals surface area contributed by atoms with Crippen LogP contribution >= 0.6 is 0 Å². The summed E-state index contributed by atoms with van der Waals surface area (Å²) in [5.74, 6) is -0.125. The van der Waals surface area contributed by atoms with Crippen LogP contribution in [0.15, 0.2) is 18.2 Å². The standard InChI is InChI=1S/C16H26FN3/c1-12(18-2)16-14(17)8-5-9-15(16)20(4)13-7-6-10-19(3)11-13/h5,8-9,12-13,18H,6-7,10-11H2,1-4H3. The molecule has 2 atom stereocenters. The molecule has 2 rings (SSSR count). The van der Waals surface area contributed by atoms with Crippen molar-refractivity contribution in [3.63, 3.8) is 0 Å². The summed E-state index contributed by atoms with van der Waals surface area (Å²) < 4.78 is 14.2. The lowest BCUT2D eigenvalue weighted by atomic mass is 10.0. The van der Waals surface area contributed by atoms with Gasteiger partial charge in [0.05, 0.1) is 0 Å². The largest absolute Gasteiger partial charge is 0.370 e. The van der Waals surface area contributed by atoms with Gasteiger partial charge in [0.2, 0.25) is 0 Å².